The van der Waals surface area contributed by atoms with Gasteiger partial charge in [-0.3, -0.25) is 0 Å². The fourth-order valence-corrected chi connectivity index (χ4v) is 5.18. The number of nitrogens with zero attached hydrogens (tertiary/aromatic N) is 1. The molecule has 0 aromatic carbocycles. The predicted molar refractivity (Wildman–Crippen MR) is 102 cm³/mol. The Hall–Kier alpha value is -1.15. The molecule has 7 heteroatoms. The van der Waals surface area contributed by atoms with Crippen LogP contribution in [0.5, 0.6) is 0 Å². The van der Waals surface area contributed by atoms with E-state index in [0.717, 1.165) is 12.8 Å². The largest absolute Gasteiger partial charge is 0.443 e. The van der Waals surface area contributed by atoms with Crippen LogP contribution in [0.25, 0.3) is 0 Å². The van der Waals surface area contributed by atoms with E-state index in [9.17, 15) is 9.90 Å². The molecule has 1 amide bonds. The van der Waals surface area contributed by atoms with Crippen LogP contribution in [0, 0.1) is 5.92 Å². The quantitative estimate of drug-likeness (QED) is 0.568. The highest BCUT2D eigenvalue weighted by Gasteiger charge is 2.72. The van der Waals surface area contributed by atoms with E-state index in [4.69, 9.17) is 18.9 Å². The second-order valence-corrected chi connectivity index (χ2v) is 9.65. The molecule has 1 saturated carbocycles. The molecule has 0 aromatic rings. The maximum atomic E-state index is 12.5. The summed E-state index contributed by atoms with van der Waals surface area (Å²) in [5, 5.41) is 9.88. The molecular formula is C21H33NO6. The summed E-state index contributed by atoms with van der Waals surface area (Å²) in [4.78, 5) is 14.0. The molecule has 2 unspecified atom stereocenters. The topological polar surface area (TPSA) is 84.1 Å². The van der Waals surface area contributed by atoms with Crippen LogP contribution in [0.15, 0.2) is 11.6 Å². The third-order valence-electron chi connectivity index (χ3n) is 6.81. The molecule has 4 aliphatic rings. The molecule has 6 atom stereocenters. The lowest BCUT2D eigenvalue weighted by Crippen LogP contribution is -2.63. The van der Waals surface area contributed by atoms with E-state index < -0.39 is 5.60 Å². The molecule has 4 rings (SSSR count). The Kier molecular flexibility index (Phi) is 4.81. The molecule has 158 valence electrons. The number of β-amino-alcohol motifs (C(OH)–C–C–N with tert-alkyl or cyclic N) is 1. The fourth-order valence-electron chi connectivity index (χ4n) is 5.18. The minimum atomic E-state index is -0.811. The second kappa shape index (κ2) is 6.69. The van der Waals surface area contributed by atoms with Crippen molar-refractivity contribution < 1.29 is 28.8 Å². The van der Waals surface area contributed by atoms with E-state index in [0.29, 0.717) is 26.1 Å². The summed E-state index contributed by atoms with van der Waals surface area (Å²) in [7, 11) is 1.67. The Morgan fingerprint density at radius 1 is 1.32 bits per heavy atom. The lowest BCUT2D eigenvalue weighted by Gasteiger charge is -2.46. The summed E-state index contributed by atoms with van der Waals surface area (Å²) < 4.78 is 23.8. The van der Waals surface area contributed by atoms with Gasteiger partial charge in [0.15, 0.2) is 0 Å². The van der Waals surface area contributed by atoms with Gasteiger partial charge in [-0.2, -0.15) is 0 Å². The van der Waals surface area contributed by atoms with Gasteiger partial charge in [0.1, 0.15) is 23.4 Å². The number of hydrogen-bond donors (Lipinski definition) is 1. The molecule has 1 N–H and O–H groups in total. The van der Waals surface area contributed by atoms with Crippen molar-refractivity contribution in [1.82, 2.24) is 4.90 Å². The molecule has 0 bridgehead atoms. The molecule has 28 heavy (non-hydrogen) atoms. The third kappa shape index (κ3) is 3.47. The van der Waals surface area contributed by atoms with Crippen LogP contribution in [0.4, 0.5) is 4.79 Å². The highest BCUT2D eigenvalue weighted by molar-refractivity contribution is 5.69. The monoisotopic (exact) mass is 395 g/mol. The van der Waals surface area contributed by atoms with Gasteiger partial charge in [-0.1, -0.05) is 11.6 Å². The average Bonchev–Trinajstić information content (AvgIpc) is 3.50. The minimum Gasteiger partial charge on any atom is -0.443 e. The van der Waals surface area contributed by atoms with E-state index in [1.807, 2.05) is 0 Å². The van der Waals surface area contributed by atoms with Gasteiger partial charge in [0.25, 0.3) is 0 Å². The number of likely N-dealkylation sites (tertiary alicyclic amines) is 1. The van der Waals surface area contributed by atoms with Crippen LogP contribution < -0.4 is 0 Å². The highest BCUT2D eigenvalue weighted by atomic mass is 16.6. The average molecular weight is 395 g/mol. The molecule has 4 fully saturated rings. The van der Waals surface area contributed by atoms with Gasteiger partial charge < -0.3 is 29.0 Å². The lowest BCUT2D eigenvalue weighted by molar-refractivity contribution is -0.133. The van der Waals surface area contributed by atoms with Crippen LogP contribution in [0.3, 0.4) is 0 Å². The van der Waals surface area contributed by atoms with Gasteiger partial charge in [-0.15, -0.1) is 0 Å². The molecule has 1 aliphatic carbocycles. The van der Waals surface area contributed by atoms with E-state index >= 15 is 0 Å². The smallest absolute Gasteiger partial charge is 0.410 e. The van der Waals surface area contributed by atoms with E-state index in [-0.39, 0.29) is 41.5 Å². The van der Waals surface area contributed by atoms with Crippen molar-refractivity contribution >= 4 is 6.09 Å². The maximum absolute atomic E-state index is 12.5. The first kappa shape index (κ1) is 20.1. The number of carbonyl (C=O) groups is 1. The number of epoxide rings is 2. The summed E-state index contributed by atoms with van der Waals surface area (Å²) in [6.45, 7) is 9.35. The Morgan fingerprint density at radius 2 is 2.00 bits per heavy atom. The number of hydrogen-bond acceptors (Lipinski definition) is 6. The van der Waals surface area contributed by atoms with Gasteiger partial charge in [0, 0.05) is 7.11 Å². The summed E-state index contributed by atoms with van der Waals surface area (Å²) in [6, 6.07) is 0. The summed E-state index contributed by atoms with van der Waals surface area (Å²) >= 11 is 0. The van der Waals surface area contributed by atoms with Crippen LogP contribution in [0.2, 0.25) is 0 Å². The van der Waals surface area contributed by atoms with Gasteiger partial charge in [-0.05, 0) is 47.0 Å². The van der Waals surface area contributed by atoms with Crippen molar-refractivity contribution in [1.29, 1.82) is 0 Å². The normalized spacial score (nSPS) is 43.3. The van der Waals surface area contributed by atoms with Crippen LogP contribution in [-0.2, 0) is 18.9 Å². The van der Waals surface area contributed by atoms with Crippen molar-refractivity contribution in [2.24, 2.45) is 5.92 Å². The molecule has 1 spiro atoms. The van der Waals surface area contributed by atoms with Crippen molar-refractivity contribution in [3.05, 3.63) is 11.6 Å². The van der Waals surface area contributed by atoms with Gasteiger partial charge >= 0.3 is 6.09 Å². The predicted octanol–water partition coefficient (Wildman–Crippen LogP) is 2.27. The zero-order valence-corrected chi connectivity index (χ0v) is 17.6. The maximum Gasteiger partial charge on any atom is 0.410 e. The molecule has 0 aromatic heterocycles. The Morgan fingerprint density at radius 3 is 2.54 bits per heavy atom. The van der Waals surface area contributed by atoms with E-state index in [2.05, 4.69) is 26.8 Å². The standard InChI is InChI=1S/C21H33NO6/c1-13(2)6-7-15-20(4,28-15)17-16(25-5)14(8-9-21(17)12-26-21)27-18(23)22-10-19(3,24)11-22/h6,14-17,24H,7-12H2,1-5H3/t14-,15-,16?,17-,20+,21?/m1/s1. The van der Waals surface area contributed by atoms with Crippen molar-refractivity contribution in [2.45, 2.75) is 82.1 Å². The first-order chi connectivity index (χ1) is 13.1. The molecule has 3 heterocycles. The van der Waals surface area contributed by atoms with Gasteiger partial charge in [0.2, 0.25) is 0 Å². The number of aliphatic hydroxyl groups is 1. The van der Waals surface area contributed by atoms with Crippen molar-refractivity contribution in [3.63, 3.8) is 0 Å². The minimum absolute atomic E-state index is 0.0200. The van der Waals surface area contributed by atoms with E-state index in [1.165, 1.54) is 10.5 Å². The fraction of sp³-hybridized carbons (Fsp3) is 0.857. The summed E-state index contributed by atoms with van der Waals surface area (Å²) in [5.41, 5.74) is -0.0965. The zero-order chi connectivity index (χ0) is 20.3. The number of amides is 1. The Labute approximate surface area is 166 Å². The van der Waals surface area contributed by atoms with Crippen molar-refractivity contribution in [3.8, 4) is 0 Å². The Bertz CT molecular complexity index is 660. The molecule has 3 aliphatic heterocycles. The van der Waals surface area contributed by atoms with Gasteiger partial charge in [0.05, 0.1) is 37.3 Å². The van der Waals surface area contributed by atoms with Crippen LogP contribution in [-0.4, -0.2) is 78.0 Å². The van der Waals surface area contributed by atoms with E-state index in [1.54, 1.807) is 14.0 Å². The number of ether oxygens (including phenoxy) is 4. The molecule has 0 radical (unpaired) electrons. The van der Waals surface area contributed by atoms with Gasteiger partial charge in [-0.25, -0.2) is 4.79 Å². The van der Waals surface area contributed by atoms with Crippen LogP contribution in [0.1, 0.15) is 47.0 Å². The highest BCUT2D eigenvalue weighted by Crippen LogP contribution is 2.59. The van der Waals surface area contributed by atoms with Crippen LogP contribution >= 0.6 is 0 Å². The molecule has 3 saturated heterocycles. The lowest BCUT2D eigenvalue weighted by atomic mass is 9.68. The van der Waals surface area contributed by atoms with Crippen molar-refractivity contribution in [2.75, 3.05) is 26.8 Å². The third-order valence-corrected chi connectivity index (χ3v) is 6.81. The first-order valence-corrected chi connectivity index (χ1v) is 10.3. The number of rotatable bonds is 5. The SMILES string of the molecule is COC1[C@H](OC(=O)N2CC(C)(O)C2)CCC2(CO2)[C@H]1[C@@]1(C)O[C@@H]1CC=C(C)C. The molecular weight excluding hydrogens is 362 g/mol. The number of methoxy groups -OCH3 is 1. The Balaban J connectivity index is 1.46. The number of allylic oxidation sites excluding steroid dienone is 1. The first-order valence-electron chi connectivity index (χ1n) is 10.3. The summed E-state index contributed by atoms with van der Waals surface area (Å²) in [6.07, 6.45) is 3.75. The number of carbonyl (C=O) groups excluding carboxylic acids is 1. The molecule has 7 nitrogen and oxygen atoms in total. The second-order valence-electron chi connectivity index (χ2n) is 9.65. The zero-order valence-electron chi connectivity index (χ0n) is 17.6. The summed E-state index contributed by atoms with van der Waals surface area (Å²) in [5.74, 6) is 0.0200.